The fourth-order valence-electron chi connectivity index (χ4n) is 3.91. The van der Waals surface area contributed by atoms with Crippen LogP contribution in [0, 0.1) is 0 Å². The van der Waals surface area contributed by atoms with Gasteiger partial charge < -0.3 is 4.90 Å². The predicted molar refractivity (Wildman–Crippen MR) is 115 cm³/mol. The highest BCUT2D eigenvalue weighted by Gasteiger charge is 2.29. The van der Waals surface area contributed by atoms with Gasteiger partial charge in [0, 0.05) is 25.7 Å². The minimum absolute atomic E-state index is 0.0629. The number of benzene rings is 2. The second-order valence-corrected chi connectivity index (χ2v) is 9.84. The van der Waals surface area contributed by atoms with Gasteiger partial charge in [-0.1, -0.05) is 49.6 Å². The van der Waals surface area contributed by atoms with E-state index in [-0.39, 0.29) is 22.9 Å². The van der Waals surface area contributed by atoms with E-state index in [1.54, 1.807) is 43.3 Å². The largest absolute Gasteiger partial charge is 0.335 e. The molecule has 6 heteroatoms. The number of carbonyl (C=O) groups excluding carboxylic acids is 1. The minimum atomic E-state index is -3.55. The molecule has 156 valence electrons. The second kappa shape index (κ2) is 9.09. The van der Waals surface area contributed by atoms with E-state index in [4.69, 9.17) is 0 Å². The maximum absolute atomic E-state index is 13.0. The normalized spacial score (nSPS) is 16.6. The predicted octanol–water partition coefficient (Wildman–Crippen LogP) is 4.47. The summed E-state index contributed by atoms with van der Waals surface area (Å²) in [6.45, 7) is 1.98. The number of carbonyl (C=O) groups is 1. The van der Waals surface area contributed by atoms with Crippen LogP contribution >= 0.6 is 0 Å². The molecule has 1 amide bonds. The van der Waals surface area contributed by atoms with Gasteiger partial charge >= 0.3 is 0 Å². The molecule has 1 fully saturated rings. The van der Waals surface area contributed by atoms with Crippen LogP contribution < -0.4 is 0 Å². The van der Waals surface area contributed by atoms with Gasteiger partial charge in [0.15, 0.2) is 0 Å². The van der Waals surface area contributed by atoms with Crippen molar-refractivity contribution in [1.29, 1.82) is 0 Å². The summed E-state index contributed by atoms with van der Waals surface area (Å²) in [6.07, 6.45) is 5.15. The van der Waals surface area contributed by atoms with Crippen molar-refractivity contribution >= 4 is 15.9 Å². The Labute approximate surface area is 174 Å². The highest BCUT2D eigenvalue weighted by atomic mass is 32.2. The SMILES string of the molecule is CC(c1ccccc1)N(C)C(=O)c1ccc(S(=O)(=O)N(C)C2CCCCC2)cc1. The van der Waals surface area contributed by atoms with Gasteiger partial charge in [-0.25, -0.2) is 8.42 Å². The molecule has 0 radical (unpaired) electrons. The first-order valence-electron chi connectivity index (χ1n) is 10.2. The number of sulfonamides is 1. The average molecular weight is 415 g/mol. The molecule has 2 aromatic carbocycles. The molecule has 1 aliphatic rings. The summed E-state index contributed by atoms with van der Waals surface area (Å²) in [6, 6.07) is 16.1. The van der Waals surface area contributed by atoms with Crippen LogP contribution in [0.3, 0.4) is 0 Å². The lowest BCUT2D eigenvalue weighted by Crippen LogP contribution is -2.38. The molecule has 0 heterocycles. The van der Waals surface area contributed by atoms with Gasteiger partial charge in [0.05, 0.1) is 10.9 Å². The fourth-order valence-corrected chi connectivity index (χ4v) is 5.33. The third-order valence-electron chi connectivity index (χ3n) is 6.05. The van der Waals surface area contributed by atoms with Gasteiger partial charge in [-0.05, 0) is 49.6 Å². The average Bonchev–Trinajstić information content (AvgIpc) is 2.78. The van der Waals surface area contributed by atoms with Gasteiger partial charge in [-0.2, -0.15) is 4.31 Å². The van der Waals surface area contributed by atoms with Gasteiger partial charge in [0.2, 0.25) is 10.0 Å². The third kappa shape index (κ3) is 4.70. The number of hydrogen-bond acceptors (Lipinski definition) is 3. The quantitative estimate of drug-likeness (QED) is 0.701. The molecule has 5 nitrogen and oxygen atoms in total. The Morgan fingerprint density at radius 2 is 1.52 bits per heavy atom. The molecule has 0 N–H and O–H groups in total. The zero-order valence-electron chi connectivity index (χ0n) is 17.4. The Bertz CT molecular complexity index is 920. The van der Waals surface area contributed by atoms with Crippen LogP contribution in [0.1, 0.15) is 61.0 Å². The Morgan fingerprint density at radius 1 is 0.931 bits per heavy atom. The van der Waals surface area contributed by atoms with Gasteiger partial charge in [0.25, 0.3) is 5.91 Å². The van der Waals surface area contributed by atoms with E-state index >= 15 is 0 Å². The van der Waals surface area contributed by atoms with Gasteiger partial charge in [-0.3, -0.25) is 4.79 Å². The van der Waals surface area contributed by atoms with E-state index in [2.05, 4.69) is 0 Å². The van der Waals surface area contributed by atoms with E-state index in [1.165, 1.54) is 10.7 Å². The zero-order valence-corrected chi connectivity index (χ0v) is 18.2. The molecule has 1 saturated carbocycles. The van der Waals surface area contributed by atoms with Crippen LogP contribution in [-0.2, 0) is 10.0 Å². The summed E-state index contributed by atoms with van der Waals surface area (Å²) in [7, 11) is -0.120. The van der Waals surface area contributed by atoms with Crippen molar-refractivity contribution in [2.24, 2.45) is 0 Å². The Balaban J connectivity index is 1.74. The van der Waals surface area contributed by atoms with Crippen molar-refractivity contribution in [3.8, 4) is 0 Å². The first-order chi connectivity index (χ1) is 13.8. The second-order valence-electron chi connectivity index (χ2n) is 7.84. The number of nitrogens with zero attached hydrogens (tertiary/aromatic N) is 2. The van der Waals surface area contributed by atoms with Crippen molar-refractivity contribution in [2.75, 3.05) is 14.1 Å². The molecular formula is C23H30N2O3S. The van der Waals surface area contributed by atoms with E-state index in [0.717, 1.165) is 31.2 Å². The lowest BCUT2D eigenvalue weighted by Gasteiger charge is -2.30. The van der Waals surface area contributed by atoms with Crippen LogP contribution in [0.15, 0.2) is 59.5 Å². The molecule has 29 heavy (non-hydrogen) atoms. The van der Waals surface area contributed by atoms with Crippen LogP contribution in [0.2, 0.25) is 0 Å². The monoisotopic (exact) mass is 414 g/mol. The summed E-state index contributed by atoms with van der Waals surface area (Å²) in [5.41, 5.74) is 1.53. The van der Waals surface area contributed by atoms with E-state index in [9.17, 15) is 13.2 Å². The Morgan fingerprint density at radius 3 is 2.10 bits per heavy atom. The summed E-state index contributed by atoms with van der Waals surface area (Å²) < 4.78 is 27.4. The smallest absolute Gasteiger partial charge is 0.254 e. The first-order valence-corrected chi connectivity index (χ1v) is 11.7. The number of amides is 1. The standard InChI is InChI=1S/C23H30N2O3S/c1-18(19-10-6-4-7-11-19)24(2)23(26)20-14-16-22(17-15-20)29(27,28)25(3)21-12-8-5-9-13-21/h4,6-7,10-11,14-18,21H,5,8-9,12-13H2,1-3H3. The summed E-state index contributed by atoms with van der Waals surface area (Å²) in [5, 5.41) is 0. The van der Waals surface area contributed by atoms with Crippen LogP contribution in [0.5, 0.6) is 0 Å². The maximum Gasteiger partial charge on any atom is 0.254 e. The fraction of sp³-hybridized carbons (Fsp3) is 0.435. The molecule has 0 bridgehead atoms. The zero-order chi connectivity index (χ0) is 21.0. The topological polar surface area (TPSA) is 57.7 Å². The van der Waals surface area contributed by atoms with Crippen molar-refractivity contribution < 1.29 is 13.2 Å². The molecule has 0 aromatic heterocycles. The van der Waals surface area contributed by atoms with Crippen molar-refractivity contribution in [2.45, 2.75) is 56.0 Å². The molecule has 3 rings (SSSR count). The molecule has 1 aliphatic carbocycles. The van der Waals surface area contributed by atoms with Crippen molar-refractivity contribution in [1.82, 2.24) is 9.21 Å². The van der Waals surface area contributed by atoms with Gasteiger partial charge in [-0.15, -0.1) is 0 Å². The first kappa shape index (κ1) is 21.5. The molecule has 2 aromatic rings. The maximum atomic E-state index is 13.0. The number of hydrogen-bond donors (Lipinski definition) is 0. The highest BCUT2D eigenvalue weighted by Crippen LogP contribution is 2.27. The van der Waals surface area contributed by atoms with E-state index in [0.29, 0.717) is 5.56 Å². The van der Waals surface area contributed by atoms with E-state index in [1.807, 2.05) is 37.3 Å². The molecule has 0 spiro atoms. The highest BCUT2D eigenvalue weighted by molar-refractivity contribution is 7.89. The Hall–Kier alpha value is -2.18. The van der Waals surface area contributed by atoms with Crippen LogP contribution in [0.25, 0.3) is 0 Å². The summed E-state index contributed by atoms with van der Waals surface area (Å²) in [5.74, 6) is -0.133. The third-order valence-corrected chi connectivity index (χ3v) is 7.97. The summed E-state index contributed by atoms with van der Waals surface area (Å²) in [4.78, 5) is 14.8. The van der Waals surface area contributed by atoms with E-state index < -0.39 is 10.0 Å². The van der Waals surface area contributed by atoms with Gasteiger partial charge in [0.1, 0.15) is 0 Å². The molecule has 0 saturated heterocycles. The van der Waals surface area contributed by atoms with Crippen LogP contribution in [0.4, 0.5) is 0 Å². The molecule has 0 aliphatic heterocycles. The van der Waals surface area contributed by atoms with Crippen LogP contribution in [-0.4, -0.2) is 43.7 Å². The molecule has 1 unspecified atom stereocenters. The molecule has 1 atom stereocenters. The van der Waals surface area contributed by atoms with Crippen molar-refractivity contribution in [3.05, 3.63) is 65.7 Å². The Kier molecular flexibility index (Phi) is 6.75. The molecular weight excluding hydrogens is 384 g/mol. The minimum Gasteiger partial charge on any atom is -0.335 e. The number of rotatable bonds is 6. The summed E-state index contributed by atoms with van der Waals surface area (Å²) >= 11 is 0. The lowest BCUT2D eigenvalue weighted by molar-refractivity contribution is 0.0742. The van der Waals surface area contributed by atoms with Crippen molar-refractivity contribution in [3.63, 3.8) is 0 Å². The lowest BCUT2D eigenvalue weighted by atomic mass is 9.96.